The molecule has 0 saturated carbocycles. The summed E-state index contributed by atoms with van der Waals surface area (Å²) in [5.74, 6) is 0.672. The van der Waals surface area contributed by atoms with E-state index in [0.717, 1.165) is 23.7 Å². The molecule has 138 valence electrons. The molecule has 2 heterocycles. The summed E-state index contributed by atoms with van der Waals surface area (Å²) in [6.07, 6.45) is 1.92. The zero-order valence-corrected chi connectivity index (χ0v) is 15.0. The van der Waals surface area contributed by atoms with Crippen molar-refractivity contribution in [3.05, 3.63) is 76.1 Å². The number of para-hydroxylation sites is 1. The van der Waals surface area contributed by atoms with Gasteiger partial charge in [0.15, 0.2) is 0 Å². The number of aromatic nitrogens is 1. The van der Waals surface area contributed by atoms with Crippen molar-refractivity contribution in [3.8, 4) is 5.75 Å². The molecule has 2 aromatic carbocycles. The Labute approximate surface area is 157 Å². The number of rotatable bonds is 3. The second-order valence-electron chi connectivity index (χ2n) is 7.13. The Morgan fingerprint density at radius 1 is 1.07 bits per heavy atom. The van der Waals surface area contributed by atoms with Crippen molar-refractivity contribution in [1.82, 2.24) is 9.88 Å². The van der Waals surface area contributed by atoms with E-state index in [2.05, 4.69) is 4.98 Å². The van der Waals surface area contributed by atoms with E-state index >= 15 is 0 Å². The van der Waals surface area contributed by atoms with Crippen molar-refractivity contribution in [3.63, 3.8) is 0 Å². The number of hydrogen-bond donors (Lipinski definition) is 2. The minimum absolute atomic E-state index is 0.0000581. The maximum atomic E-state index is 12.7. The highest BCUT2D eigenvalue weighted by atomic mass is 16.3. The second-order valence-corrected chi connectivity index (χ2v) is 7.13. The van der Waals surface area contributed by atoms with Gasteiger partial charge in [0, 0.05) is 24.2 Å². The quantitative estimate of drug-likeness (QED) is 0.752. The molecule has 0 spiro atoms. The Kier molecular flexibility index (Phi) is 4.67. The van der Waals surface area contributed by atoms with Gasteiger partial charge in [-0.25, -0.2) is 0 Å². The molecule has 0 atom stereocenters. The molecule has 0 aliphatic carbocycles. The lowest BCUT2D eigenvalue weighted by molar-refractivity contribution is -0.131. The van der Waals surface area contributed by atoms with Crippen molar-refractivity contribution in [2.45, 2.75) is 25.2 Å². The van der Waals surface area contributed by atoms with Gasteiger partial charge in [0.2, 0.25) is 5.91 Å². The Balaban J connectivity index is 1.42. The van der Waals surface area contributed by atoms with E-state index in [1.165, 1.54) is 5.56 Å². The first-order valence-electron chi connectivity index (χ1n) is 9.28. The summed E-state index contributed by atoms with van der Waals surface area (Å²) >= 11 is 0. The first kappa shape index (κ1) is 17.3. The van der Waals surface area contributed by atoms with Crippen LogP contribution in [0.4, 0.5) is 0 Å². The number of aromatic amines is 1. The third kappa shape index (κ3) is 3.72. The number of H-pyrrole nitrogens is 1. The van der Waals surface area contributed by atoms with Gasteiger partial charge in [0.05, 0.1) is 6.42 Å². The number of pyridine rings is 1. The molecule has 5 nitrogen and oxygen atoms in total. The number of piperidine rings is 1. The maximum absolute atomic E-state index is 12.7. The van der Waals surface area contributed by atoms with E-state index in [4.69, 9.17) is 0 Å². The van der Waals surface area contributed by atoms with E-state index in [9.17, 15) is 14.7 Å². The monoisotopic (exact) mass is 362 g/mol. The van der Waals surface area contributed by atoms with Gasteiger partial charge in [-0.3, -0.25) is 9.59 Å². The van der Waals surface area contributed by atoms with Gasteiger partial charge >= 0.3 is 0 Å². The second kappa shape index (κ2) is 7.27. The number of amides is 1. The lowest BCUT2D eigenvalue weighted by atomic mass is 9.89. The molecule has 4 rings (SSSR count). The molecule has 2 N–H and O–H groups in total. The number of hydrogen-bond acceptors (Lipinski definition) is 3. The van der Waals surface area contributed by atoms with Crippen molar-refractivity contribution in [2.75, 3.05) is 13.1 Å². The molecule has 0 bridgehead atoms. The zero-order chi connectivity index (χ0) is 18.8. The van der Waals surface area contributed by atoms with Crippen LogP contribution >= 0.6 is 0 Å². The van der Waals surface area contributed by atoms with Crippen LogP contribution in [0.1, 0.15) is 29.9 Å². The smallest absolute Gasteiger partial charge is 0.252 e. The van der Waals surface area contributed by atoms with E-state index in [1.54, 1.807) is 12.1 Å². The Morgan fingerprint density at radius 2 is 1.78 bits per heavy atom. The van der Waals surface area contributed by atoms with Gasteiger partial charge in [-0.15, -0.1) is 0 Å². The molecule has 1 aromatic heterocycles. The first-order valence-corrected chi connectivity index (χ1v) is 9.28. The third-order valence-corrected chi connectivity index (χ3v) is 5.38. The van der Waals surface area contributed by atoms with Crippen LogP contribution in [0.25, 0.3) is 10.9 Å². The summed E-state index contributed by atoms with van der Waals surface area (Å²) < 4.78 is 0. The number of likely N-dealkylation sites (tertiary alicyclic amines) is 1. The molecule has 1 saturated heterocycles. The fraction of sp³-hybridized carbons (Fsp3) is 0.273. The fourth-order valence-electron chi connectivity index (χ4n) is 3.81. The van der Waals surface area contributed by atoms with Crippen LogP contribution in [0.15, 0.2) is 59.4 Å². The molecular formula is C22H22N2O3. The molecule has 27 heavy (non-hydrogen) atoms. The van der Waals surface area contributed by atoms with Gasteiger partial charge in [-0.1, -0.05) is 30.3 Å². The Hall–Kier alpha value is -3.08. The summed E-state index contributed by atoms with van der Waals surface area (Å²) in [7, 11) is 0. The van der Waals surface area contributed by atoms with Crippen LogP contribution in [0.5, 0.6) is 5.75 Å². The highest BCUT2D eigenvalue weighted by molar-refractivity contribution is 5.82. The number of carbonyl (C=O) groups excluding carboxylic acids is 1. The van der Waals surface area contributed by atoms with Crippen LogP contribution in [-0.4, -0.2) is 34.0 Å². The van der Waals surface area contributed by atoms with E-state index < -0.39 is 0 Å². The van der Waals surface area contributed by atoms with Crippen LogP contribution in [0.3, 0.4) is 0 Å². The largest absolute Gasteiger partial charge is 0.508 e. The van der Waals surface area contributed by atoms with Gasteiger partial charge < -0.3 is 15.0 Å². The normalized spacial score (nSPS) is 15.2. The van der Waals surface area contributed by atoms with Gasteiger partial charge in [-0.2, -0.15) is 0 Å². The fourth-order valence-corrected chi connectivity index (χ4v) is 3.81. The number of carbonyl (C=O) groups is 1. The predicted octanol–water partition coefficient (Wildman–Crippen LogP) is 3.18. The summed E-state index contributed by atoms with van der Waals surface area (Å²) in [4.78, 5) is 29.7. The number of phenols is 1. The van der Waals surface area contributed by atoms with Crippen LogP contribution in [0, 0.1) is 0 Å². The molecule has 0 unspecified atom stereocenters. The van der Waals surface area contributed by atoms with Crippen molar-refractivity contribution < 1.29 is 9.90 Å². The van der Waals surface area contributed by atoms with E-state index in [0.29, 0.717) is 24.6 Å². The lowest BCUT2D eigenvalue weighted by Gasteiger charge is -2.32. The molecule has 0 radical (unpaired) electrons. The number of nitrogens with one attached hydrogen (secondary N) is 1. The van der Waals surface area contributed by atoms with Gasteiger partial charge in [-0.05, 0) is 54.0 Å². The highest BCUT2D eigenvalue weighted by Gasteiger charge is 2.24. The molecule has 1 aliphatic rings. The molecule has 3 aromatic rings. The summed E-state index contributed by atoms with van der Waals surface area (Å²) in [6.45, 7) is 1.38. The Morgan fingerprint density at radius 3 is 2.52 bits per heavy atom. The number of phenolic OH excluding ortho intramolecular Hbond substituents is 1. The number of fused-ring (bicyclic) bond motifs is 1. The molecule has 5 heteroatoms. The molecular weight excluding hydrogens is 340 g/mol. The maximum Gasteiger partial charge on any atom is 0.252 e. The van der Waals surface area contributed by atoms with E-state index in [1.807, 2.05) is 47.4 Å². The van der Waals surface area contributed by atoms with Crippen molar-refractivity contribution >= 4 is 16.8 Å². The van der Waals surface area contributed by atoms with Gasteiger partial charge in [0.25, 0.3) is 5.56 Å². The predicted molar refractivity (Wildman–Crippen MR) is 105 cm³/mol. The molecule has 1 amide bonds. The highest BCUT2D eigenvalue weighted by Crippen LogP contribution is 2.29. The van der Waals surface area contributed by atoms with Crippen molar-refractivity contribution in [1.29, 1.82) is 0 Å². The summed E-state index contributed by atoms with van der Waals surface area (Å²) in [5, 5.41) is 10.4. The minimum atomic E-state index is -0.193. The Bertz CT molecular complexity index is 1020. The third-order valence-electron chi connectivity index (χ3n) is 5.38. The van der Waals surface area contributed by atoms with Gasteiger partial charge in [0.1, 0.15) is 5.75 Å². The SMILES string of the molecule is O=C(Cc1cc2ccccc2[nH]c1=O)N1CCC(c2ccc(O)cc2)CC1. The molecule has 1 fully saturated rings. The van der Waals surface area contributed by atoms with Crippen LogP contribution in [-0.2, 0) is 11.2 Å². The molecule has 1 aliphatic heterocycles. The average molecular weight is 362 g/mol. The van der Waals surface area contributed by atoms with Crippen LogP contribution in [0.2, 0.25) is 0 Å². The summed E-state index contributed by atoms with van der Waals surface area (Å²) in [6, 6.07) is 16.7. The number of nitrogens with zero attached hydrogens (tertiary/aromatic N) is 1. The zero-order valence-electron chi connectivity index (χ0n) is 15.0. The first-order chi connectivity index (χ1) is 13.1. The minimum Gasteiger partial charge on any atom is -0.508 e. The van der Waals surface area contributed by atoms with Crippen LogP contribution < -0.4 is 5.56 Å². The average Bonchev–Trinajstić information content (AvgIpc) is 2.69. The van der Waals surface area contributed by atoms with E-state index in [-0.39, 0.29) is 23.6 Å². The summed E-state index contributed by atoms with van der Waals surface area (Å²) in [5.41, 5.74) is 2.31. The lowest BCUT2D eigenvalue weighted by Crippen LogP contribution is -2.39. The standard InChI is InChI=1S/C22H22N2O3/c25-19-7-5-15(6-8-19)16-9-11-24(12-10-16)21(26)14-18-13-17-3-1-2-4-20(17)23-22(18)27/h1-8,13,16,25H,9-12,14H2,(H,23,27). The number of benzene rings is 2. The topological polar surface area (TPSA) is 73.4 Å². The van der Waals surface area contributed by atoms with Crippen molar-refractivity contribution in [2.24, 2.45) is 0 Å². The number of aromatic hydroxyl groups is 1.